The number of nitrogens with one attached hydrogen (secondary N) is 1. The highest BCUT2D eigenvalue weighted by Gasteiger charge is 2.53. The van der Waals surface area contributed by atoms with Crippen molar-refractivity contribution >= 4 is 58.3 Å². The molecule has 2 atom stereocenters. The summed E-state index contributed by atoms with van der Waals surface area (Å²) in [4.78, 5) is 30.3. The number of amides is 1. The predicted octanol–water partition coefficient (Wildman–Crippen LogP) is 5.56. The first-order chi connectivity index (χ1) is 14.5. The summed E-state index contributed by atoms with van der Waals surface area (Å²) >= 11 is 12.6. The largest absolute Gasteiger partial charge is 0.361 e. The molecule has 1 aliphatic rings. The molecule has 2 aromatic heterocycles. The van der Waals surface area contributed by atoms with E-state index in [4.69, 9.17) is 24.4 Å². The number of fused-ring (bicyclic) bond motifs is 1. The number of aromatic amines is 1. The van der Waals surface area contributed by atoms with Gasteiger partial charge in [-0.1, -0.05) is 54.7 Å². The number of carbonyl (C=O) groups excluding carboxylic acids is 2. The van der Waals surface area contributed by atoms with Crippen molar-refractivity contribution in [3.05, 3.63) is 93.3 Å². The molecule has 4 nitrogen and oxygen atoms in total. The van der Waals surface area contributed by atoms with E-state index in [0.717, 1.165) is 22.0 Å². The molecule has 0 saturated carbocycles. The number of hydrogen-bond acceptors (Lipinski definition) is 4. The lowest BCUT2D eigenvalue weighted by molar-refractivity contribution is -0.142. The number of aromatic nitrogens is 1. The van der Waals surface area contributed by atoms with Crippen LogP contribution in [0.5, 0.6) is 0 Å². The molecule has 150 valence electrons. The Labute approximate surface area is 188 Å². The minimum Gasteiger partial charge on any atom is -0.361 e. The number of Topliss-reactive ketones (excluding diaryl/α,β-unsaturated/α-hetero) is 1. The first kappa shape index (κ1) is 19.4. The second-order valence-corrected chi connectivity index (χ2v) is 8.95. The first-order valence-corrected chi connectivity index (χ1v) is 11.2. The monoisotopic (exact) mass is 452 g/mol. The second kappa shape index (κ2) is 7.30. The molecule has 1 saturated heterocycles. The molecule has 0 radical (unpaired) electrons. The number of piperidine rings is 1. The number of thiophene rings is 1. The molecule has 7 heteroatoms. The van der Waals surface area contributed by atoms with Gasteiger partial charge in [0.05, 0.1) is 0 Å². The molecular weight excluding hydrogens is 436 g/mol. The maximum Gasteiger partial charge on any atom is 0.248 e. The van der Waals surface area contributed by atoms with Gasteiger partial charge in [-0.25, -0.2) is 0 Å². The molecule has 0 spiro atoms. The van der Waals surface area contributed by atoms with E-state index in [-0.39, 0.29) is 18.1 Å². The van der Waals surface area contributed by atoms with Gasteiger partial charge in [-0.3, -0.25) is 13.9 Å². The van der Waals surface area contributed by atoms with Gasteiger partial charge in [0.2, 0.25) is 5.91 Å². The van der Waals surface area contributed by atoms with Crippen LogP contribution >= 0.6 is 35.8 Å². The maximum atomic E-state index is 13.6. The zero-order chi connectivity index (χ0) is 20.9. The maximum absolute atomic E-state index is 13.6. The van der Waals surface area contributed by atoms with Crippen molar-refractivity contribution < 1.29 is 9.59 Å². The van der Waals surface area contributed by atoms with Gasteiger partial charge >= 0.3 is 0 Å². The predicted molar refractivity (Wildman–Crippen MR) is 123 cm³/mol. The van der Waals surface area contributed by atoms with Crippen LogP contribution in [-0.2, 0) is 15.1 Å². The van der Waals surface area contributed by atoms with Crippen molar-refractivity contribution in [1.29, 1.82) is 0 Å². The van der Waals surface area contributed by atoms with E-state index < -0.39 is 11.5 Å². The van der Waals surface area contributed by atoms with Crippen molar-refractivity contribution in [2.45, 2.75) is 17.9 Å². The Kier molecular flexibility index (Phi) is 4.73. The number of benzene rings is 2. The van der Waals surface area contributed by atoms with E-state index in [0.29, 0.717) is 10.6 Å². The van der Waals surface area contributed by atoms with E-state index >= 15 is 0 Å². The van der Waals surface area contributed by atoms with Crippen LogP contribution in [-0.4, -0.2) is 21.0 Å². The Morgan fingerprint density at radius 3 is 2.70 bits per heavy atom. The van der Waals surface area contributed by atoms with Crippen LogP contribution < -0.4 is 0 Å². The number of carbonyl (C=O) groups is 2. The molecule has 1 aliphatic heterocycles. The number of thiol groups is 1. The average molecular weight is 453 g/mol. The molecule has 3 heterocycles. The van der Waals surface area contributed by atoms with Gasteiger partial charge < -0.3 is 4.98 Å². The van der Waals surface area contributed by atoms with Gasteiger partial charge in [0, 0.05) is 28.5 Å². The quantitative estimate of drug-likeness (QED) is 0.316. The van der Waals surface area contributed by atoms with E-state index in [1.165, 1.54) is 15.6 Å². The van der Waals surface area contributed by atoms with Gasteiger partial charge in [0.25, 0.3) is 0 Å². The summed E-state index contributed by atoms with van der Waals surface area (Å²) in [7, 11) is 0. The minimum absolute atomic E-state index is 0.110. The minimum atomic E-state index is -1.00. The van der Waals surface area contributed by atoms with Crippen LogP contribution in [0.2, 0.25) is 5.02 Å². The Balaban J connectivity index is 1.73. The van der Waals surface area contributed by atoms with E-state index in [2.05, 4.69) is 4.98 Å². The highest BCUT2D eigenvalue weighted by atomic mass is 35.5. The number of ketones is 1. The van der Waals surface area contributed by atoms with E-state index in [9.17, 15) is 9.59 Å². The Hall–Kier alpha value is -2.54. The van der Waals surface area contributed by atoms with Crippen LogP contribution in [0.25, 0.3) is 10.9 Å². The Morgan fingerprint density at radius 1 is 1.10 bits per heavy atom. The van der Waals surface area contributed by atoms with Crippen LogP contribution in [0.15, 0.2) is 71.6 Å². The molecule has 0 bridgehead atoms. The third-order valence-electron chi connectivity index (χ3n) is 5.82. The fourth-order valence-electron chi connectivity index (χ4n) is 4.43. The highest BCUT2D eigenvalue weighted by molar-refractivity contribution is 7.78. The zero-order valence-corrected chi connectivity index (χ0v) is 18.2. The van der Waals surface area contributed by atoms with Crippen molar-refractivity contribution in [3.63, 3.8) is 0 Å². The molecule has 1 fully saturated rings. The summed E-state index contributed by atoms with van der Waals surface area (Å²) in [6, 6.07) is 16.8. The third kappa shape index (κ3) is 2.75. The Bertz CT molecular complexity index is 1270. The Morgan fingerprint density at radius 2 is 1.93 bits per heavy atom. The summed E-state index contributed by atoms with van der Waals surface area (Å²) in [6.45, 7) is 0. The molecule has 4 aromatic rings. The van der Waals surface area contributed by atoms with Crippen molar-refractivity contribution in [2.24, 2.45) is 0 Å². The number of hydrogen-bond donors (Lipinski definition) is 2. The summed E-state index contributed by atoms with van der Waals surface area (Å²) in [5, 5.41) is 5.29. The lowest BCUT2D eigenvalue weighted by atomic mass is 9.72. The lowest BCUT2D eigenvalue weighted by Crippen LogP contribution is -2.54. The standard InChI is InChI=1S/C23H17ClN2O2S2/c24-18-6-2-1-4-16(18)21-20(27)12-23(26(29)22(21)28,14-9-11-30-13-14)17-5-3-7-19-15(17)8-10-25-19/h1-11,13,21,25,29H,12H2. The summed E-state index contributed by atoms with van der Waals surface area (Å²) < 4.78 is 1.44. The smallest absolute Gasteiger partial charge is 0.248 e. The van der Waals surface area contributed by atoms with Gasteiger partial charge in [0.1, 0.15) is 11.5 Å². The zero-order valence-electron chi connectivity index (χ0n) is 15.7. The second-order valence-electron chi connectivity index (χ2n) is 7.36. The molecule has 5 rings (SSSR count). The molecule has 2 aromatic carbocycles. The molecule has 1 N–H and O–H groups in total. The van der Waals surface area contributed by atoms with Crippen molar-refractivity contribution in [3.8, 4) is 0 Å². The van der Waals surface area contributed by atoms with Crippen molar-refractivity contribution in [1.82, 2.24) is 9.29 Å². The first-order valence-electron chi connectivity index (χ1n) is 9.43. The number of nitrogens with zero attached hydrogens (tertiary/aromatic N) is 1. The summed E-state index contributed by atoms with van der Waals surface area (Å²) in [5.41, 5.74) is 2.20. The lowest BCUT2D eigenvalue weighted by Gasteiger charge is -2.46. The summed E-state index contributed by atoms with van der Waals surface area (Å²) in [5.74, 6) is -1.51. The van der Waals surface area contributed by atoms with Crippen LogP contribution in [0.3, 0.4) is 0 Å². The normalized spacial score (nSPS) is 22.1. The number of halogens is 1. The third-order valence-corrected chi connectivity index (χ3v) is 7.39. The van der Waals surface area contributed by atoms with Crippen LogP contribution in [0.1, 0.15) is 29.0 Å². The molecule has 30 heavy (non-hydrogen) atoms. The van der Waals surface area contributed by atoms with Gasteiger partial charge in [-0.2, -0.15) is 11.3 Å². The van der Waals surface area contributed by atoms with Gasteiger partial charge in [-0.05, 0) is 51.7 Å². The summed E-state index contributed by atoms with van der Waals surface area (Å²) in [6.07, 6.45) is 1.97. The molecule has 0 aliphatic carbocycles. The fraction of sp³-hybridized carbons (Fsp3) is 0.130. The average Bonchev–Trinajstić information content (AvgIpc) is 3.44. The van der Waals surface area contributed by atoms with Crippen LogP contribution in [0.4, 0.5) is 0 Å². The number of rotatable bonds is 3. The SMILES string of the molecule is O=C1CC(c2ccsc2)(c2cccc3[nH]ccc23)N(S)C(=O)C1c1ccccc1Cl. The van der Waals surface area contributed by atoms with E-state index in [1.807, 2.05) is 47.3 Å². The van der Waals surface area contributed by atoms with E-state index in [1.54, 1.807) is 24.3 Å². The van der Waals surface area contributed by atoms with Gasteiger partial charge in [0.15, 0.2) is 5.78 Å². The molecular formula is C23H17ClN2O2S2. The number of H-pyrrole nitrogens is 1. The fourth-order valence-corrected chi connectivity index (χ4v) is 5.81. The van der Waals surface area contributed by atoms with Gasteiger partial charge in [-0.15, -0.1) is 0 Å². The molecule has 2 unspecified atom stereocenters. The van der Waals surface area contributed by atoms with Crippen molar-refractivity contribution in [2.75, 3.05) is 0 Å². The highest BCUT2D eigenvalue weighted by Crippen LogP contribution is 2.49. The van der Waals surface area contributed by atoms with Crippen LogP contribution in [0, 0.1) is 0 Å². The molecule has 1 amide bonds. The topological polar surface area (TPSA) is 53.2 Å².